The minimum absolute atomic E-state index is 0. The fraction of sp³-hybridized carbons (Fsp3) is 0.314. The van der Waals surface area contributed by atoms with Gasteiger partial charge in [-0.3, -0.25) is 0 Å². The maximum absolute atomic E-state index is 7.35. The van der Waals surface area contributed by atoms with Crippen LogP contribution in [0.1, 0.15) is 59.5 Å². The van der Waals surface area contributed by atoms with Gasteiger partial charge in [-0.05, 0) is 73.4 Å². The Balaban J connectivity index is 0.00000294. The molecule has 0 heterocycles. The Bertz CT molecular complexity index is 1190. The lowest BCUT2D eigenvalue weighted by molar-refractivity contribution is -0.136. The molecule has 3 aliphatic carbocycles. The van der Waals surface area contributed by atoms with Gasteiger partial charge in [-0.25, -0.2) is 0 Å². The molecule has 7 rings (SSSR count). The molecule has 3 atom stereocenters. The monoisotopic (exact) mass is 523 g/mol. The maximum atomic E-state index is 7.35. The van der Waals surface area contributed by atoms with Crippen molar-refractivity contribution in [1.82, 2.24) is 4.90 Å². The second kappa shape index (κ2) is 11.5. The number of benzene rings is 4. The van der Waals surface area contributed by atoms with E-state index in [1.54, 1.807) is 0 Å². The topological polar surface area (TPSA) is 12.5 Å². The first-order valence-corrected chi connectivity index (χ1v) is 13.7. The molecule has 0 spiro atoms. The third kappa shape index (κ3) is 5.06. The summed E-state index contributed by atoms with van der Waals surface area (Å²) in [6.07, 6.45) is 3.48. The van der Waals surface area contributed by atoms with Crippen LogP contribution in [-0.2, 0) is 4.74 Å². The van der Waals surface area contributed by atoms with Gasteiger partial charge < -0.3 is 9.64 Å². The van der Waals surface area contributed by atoms with Gasteiger partial charge in [-0.15, -0.1) is 12.4 Å². The van der Waals surface area contributed by atoms with Crippen LogP contribution >= 0.6 is 12.4 Å². The summed E-state index contributed by atoms with van der Waals surface area (Å²) in [6, 6.07) is 43.9. The quantitative estimate of drug-likeness (QED) is 0.242. The zero-order valence-electron chi connectivity index (χ0n) is 22.3. The molecule has 38 heavy (non-hydrogen) atoms. The summed E-state index contributed by atoms with van der Waals surface area (Å²) in [5, 5.41) is 0. The average molecular weight is 524 g/mol. The van der Waals surface area contributed by atoms with Crippen molar-refractivity contribution in [2.75, 3.05) is 14.1 Å². The van der Waals surface area contributed by atoms with Crippen LogP contribution in [0.25, 0.3) is 0 Å². The molecule has 4 aromatic carbocycles. The van der Waals surface area contributed by atoms with E-state index in [1.165, 1.54) is 35.1 Å². The highest BCUT2D eigenvalue weighted by Crippen LogP contribution is 2.60. The molecule has 0 radical (unpaired) electrons. The van der Waals surface area contributed by atoms with Gasteiger partial charge in [-0.1, -0.05) is 121 Å². The van der Waals surface area contributed by atoms with Gasteiger partial charge in [0.25, 0.3) is 0 Å². The Kier molecular flexibility index (Phi) is 8.04. The smallest absolute Gasteiger partial charge is 0.108 e. The number of hydrogen-bond donors (Lipinski definition) is 0. The van der Waals surface area contributed by atoms with Gasteiger partial charge in [0.1, 0.15) is 6.10 Å². The lowest BCUT2D eigenvalue weighted by atomic mass is 9.51. The predicted molar refractivity (Wildman–Crippen MR) is 159 cm³/mol. The SMILES string of the molecule is CN(C)C12C[C@@H](OC(c3ccccc3)c3ccccc3)C([C@H](c3ccccc3)C1)[C@H](c1ccccc1)C2.Cl. The van der Waals surface area contributed by atoms with Crippen molar-refractivity contribution in [3.8, 4) is 0 Å². The first-order chi connectivity index (χ1) is 18.1. The third-order valence-corrected chi connectivity index (χ3v) is 9.06. The van der Waals surface area contributed by atoms with E-state index in [2.05, 4.69) is 140 Å². The molecule has 3 heteroatoms. The van der Waals surface area contributed by atoms with Gasteiger partial charge in [0.2, 0.25) is 0 Å². The highest BCUT2D eigenvalue weighted by molar-refractivity contribution is 5.85. The summed E-state index contributed by atoms with van der Waals surface area (Å²) in [5.74, 6) is 1.32. The molecule has 0 aliphatic heterocycles. The number of hydrogen-bond acceptors (Lipinski definition) is 2. The summed E-state index contributed by atoms with van der Waals surface area (Å²) < 4.78 is 7.35. The third-order valence-electron chi connectivity index (χ3n) is 9.06. The molecule has 0 N–H and O–H groups in total. The second-order valence-electron chi connectivity index (χ2n) is 11.2. The summed E-state index contributed by atoms with van der Waals surface area (Å²) in [4.78, 5) is 2.50. The van der Waals surface area contributed by atoms with Crippen LogP contribution in [0.5, 0.6) is 0 Å². The van der Waals surface area contributed by atoms with Gasteiger partial charge in [-0.2, -0.15) is 0 Å². The van der Waals surface area contributed by atoms with Gasteiger partial charge in [0.05, 0.1) is 6.10 Å². The zero-order chi connectivity index (χ0) is 25.2. The Labute approximate surface area is 234 Å². The standard InChI is InChI=1S/C35H37NO.ClH/c1-36(2)35-23-30(26-15-7-3-8-16-26)33(31(24-35)27-17-9-4-10-18-27)32(25-35)37-34(28-19-11-5-12-20-28)29-21-13-6-14-22-29;/h3-22,30-34H,23-25H2,1-2H3;1H/t30-,31-,32+,33?,35?;/m0./s1. The van der Waals surface area contributed by atoms with E-state index in [9.17, 15) is 0 Å². The molecule has 0 unspecified atom stereocenters. The molecule has 2 nitrogen and oxygen atoms in total. The normalized spacial score (nSPS) is 26.3. The molecule has 0 amide bonds. The van der Waals surface area contributed by atoms with Crippen molar-refractivity contribution in [2.45, 2.75) is 48.8 Å². The lowest BCUT2D eigenvalue weighted by Crippen LogP contribution is -2.61. The molecule has 3 saturated carbocycles. The minimum Gasteiger partial charge on any atom is -0.365 e. The Morgan fingerprint density at radius 2 is 1.00 bits per heavy atom. The predicted octanol–water partition coefficient (Wildman–Crippen LogP) is 8.26. The Hall–Kier alpha value is -2.91. The van der Waals surface area contributed by atoms with E-state index in [4.69, 9.17) is 4.74 Å². The van der Waals surface area contributed by atoms with Crippen molar-refractivity contribution in [2.24, 2.45) is 5.92 Å². The molecule has 3 aliphatic rings. The van der Waals surface area contributed by atoms with Crippen molar-refractivity contribution in [3.63, 3.8) is 0 Å². The first kappa shape index (κ1) is 26.7. The Morgan fingerprint density at radius 1 is 0.605 bits per heavy atom. The van der Waals surface area contributed by atoms with Crippen LogP contribution in [-0.4, -0.2) is 30.6 Å². The van der Waals surface area contributed by atoms with Crippen LogP contribution in [0.3, 0.4) is 0 Å². The van der Waals surface area contributed by atoms with Gasteiger partial charge in [0, 0.05) is 5.54 Å². The number of rotatable bonds is 7. The highest BCUT2D eigenvalue weighted by Gasteiger charge is 2.57. The van der Waals surface area contributed by atoms with Crippen LogP contribution in [0, 0.1) is 5.92 Å². The first-order valence-electron chi connectivity index (χ1n) is 13.7. The van der Waals surface area contributed by atoms with Crippen molar-refractivity contribution in [1.29, 1.82) is 0 Å². The van der Waals surface area contributed by atoms with Crippen LogP contribution in [0.4, 0.5) is 0 Å². The van der Waals surface area contributed by atoms with Crippen LogP contribution in [0.2, 0.25) is 0 Å². The number of ether oxygens (including phenoxy) is 1. The maximum Gasteiger partial charge on any atom is 0.108 e. The van der Waals surface area contributed by atoms with Crippen molar-refractivity contribution < 1.29 is 4.74 Å². The molecular formula is C35H38ClNO. The summed E-state index contributed by atoms with van der Waals surface area (Å²) >= 11 is 0. The summed E-state index contributed by atoms with van der Waals surface area (Å²) in [7, 11) is 4.55. The molecule has 2 bridgehead atoms. The fourth-order valence-corrected chi connectivity index (χ4v) is 7.20. The molecular weight excluding hydrogens is 486 g/mol. The Morgan fingerprint density at radius 3 is 1.39 bits per heavy atom. The number of nitrogens with zero attached hydrogens (tertiary/aromatic N) is 1. The second-order valence-corrected chi connectivity index (χ2v) is 11.2. The average Bonchev–Trinajstić information content (AvgIpc) is 2.97. The van der Waals surface area contributed by atoms with Gasteiger partial charge in [0.15, 0.2) is 0 Å². The van der Waals surface area contributed by atoms with E-state index in [-0.39, 0.29) is 30.2 Å². The molecule has 4 aromatic rings. The van der Waals surface area contributed by atoms with E-state index < -0.39 is 0 Å². The molecule has 3 fully saturated rings. The number of halogens is 1. The van der Waals surface area contributed by atoms with Crippen LogP contribution in [0.15, 0.2) is 121 Å². The van der Waals surface area contributed by atoms with E-state index in [1.807, 2.05) is 0 Å². The van der Waals surface area contributed by atoms with Crippen LogP contribution < -0.4 is 0 Å². The van der Waals surface area contributed by atoms with E-state index >= 15 is 0 Å². The summed E-state index contributed by atoms with van der Waals surface area (Å²) in [5.41, 5.74) is 5.44. The highest BCUT2D eigenvalue weighted by atomic mass is 35.5. The lowest BCUT2D eigenvalue weighted by Gasteiger charge is -2.61. The van der Waals surface area contributed by atoms with E-state index in [0.29, 0.717) is 17.8 Å². The molecule has 0 aromatic heterocycles. The van der Waals surface area contributed by atoms with Gasteiger partial charge >= 0.3 is 0 Å². The minimum atomic E-state index is -0.0844. The zero-order valence-corrected chi connectivity index (χ0v) is 23.1. The number of fused-ring (bicyclic) bond motifs is 3. The fourth-order valence-electron chi connectivity index (χ4n) is 7.20. The largest absolute Gasteiger partial charge is 0.365 e. The van der Waals surface area contributed by atoms with Crippen molar-refractivity contribution in [3.05, 3.63) is 144 Å². The summed E-state index contributed by atoms with van der Waals surface area (Å²) in [6.45, 7) is 0. The molecule has 0 saturated heterocycles. The van der Waals surface area contributed by atoms with E-state index in [0.717, 1.165) is 6.42 Å². The molecule has 196 valence electrons. The van der Waals surface area contributed by atoms with Crippen molar-refractivity contribution >= 4 is 12.4 Å².